The van der Waals surface area contributed by atoms with Crippen LogP contribution in [0.15, 0.2) is 29.2 Å². The molecule has 0 bridgehead atoms. The van der Waals surface area contributed by atoms with Crippen LogP contribution in [0.3, 0.4) is 0 Å². The minimum Gasteiger partial charge on any atom is -0.506 e. The van der Waals surface area contributed by atoms with Gasteiger partial charge in [0.2, 0.25) is 5.91 Å². The lowest BCUT2D eigenvalue weighted by Gasteiger charge is -2.11. The molecule has 1 aromatic carbocycles. The van der Waals surface area contributed by atoms with Crippen LogP contribution in [0.2, 0.25) is 0 Å². The average molecular weight is 431 g/mol. The summed E-state index contributed by atoms with van der Waals surface area (Å²) in [5.74, 6) is -1.03. The van der Waals surface area contributed by atoms with Crippen LogP contribution < -0.4 is 5.32 Å². The summed E-state index contributed by atoms with van der Waals surface area (Å²) in [4.78, 5) is 12.2. The molecule has 0 atom stereocenters. The topological polar surface area (TPSA) is 101 Å². The minimum absolute atomic E-state index is 0.0154. The number of carbonyl (C=O) groups is 1. The summed E-state index contributed by atoms with van der Waals surface area (Å²) in [6.07, 6.45) is -3.19. The smallest absolute Gasteiger partial charge is 0.435 e. The van der Waals surface area contributed by atoms with Crippen molar-refractivity contribution in [1.29, 1.82) is 0 Å². The SMILES string of the molecule is CCS(=O)(=O)c1ccc(O)c(NC(=O)CCn2nc(C(F)(F)F)cc2C2CC2)c1. The molecule has 1 aliphatic rings. The highest BCUT2D eigenvalue weighted by atomic mass is 32.2. The van der Waals surface area contributed by atoms with Crippen molar-refractivity contribution in [3.63, 3.8) is 0 Å². The molecule has 0 spiro atoms. The molecule has 3 rings (SSSR count). The van der Waals surface area contributed by atoms with Crippen LogP contribution in [0.1, 0.15) is 43.5 Å². The van der Waals surface area contributed by atoms with Crippen LogP contribution in [0.5, 0.6) is 5.75 Å². The first kappa shape index (κ1) is 21.2. The van der Waals surface area contributed by atoms with E-state index in [2.05, 4.69) is 10.4 Å². The van der Waals surface area contributed by atoms with Gasteiger partial charge in [-0.3, -0.25) is 9.48 Å². The van der Waals surface area contributed by atoms with E-state index in [4.69, 9.17) is 0 Å². The molecule has 0 radical (unpaired) electrons. The van der Waals surface area contributed by atoms with E-state index in [1.165, 1.54) is 17.7 Å². The van der Waals surface area contributed by atoms with Crippen LogP contribution in [0, 0.1) is 0 Å². The molecular weight excluding hydrogens is 411 g/mol. The van der Waals surface area contributed by atoms with Crippen LogP contribution in [0.25, 0.3) is 0 Å². The maximum absolute atomic E-state index is 12.9. The molecule has 0 unspecified atom stereocenters. The van der Waals surface area contributed by atoms with Crippen molar-refractivity contribution in [3.05, 3.63) is 35.7 Å². The number of nitrogens with zero attached hydrogens (tertiary/aromatic N) is 2. The molecule has 1 aliphatic carbocycles. The quantitative estimate of drug-likeness (QED) is 0.655. The second-order valence-corrected chi connectivity index (χ2v) is 9.11. The zero-order valence-corrected chi connectivity index (χ0v) is 16.3. The Morgan fingerprint density at radius 1 is 1.31 bits per heavy atom. The Balaban J connectivity index is 1.71. The van der Waals surface area contributed by atoms with Gasteiger partial charge in [-0.25, -0.2) is 8.42 Å². The van der Waals surface area contributed by atoms with Gasteiger partial charge >= 0.3 is 6.18 Å². The molecule has 1 aromatic heterocycles. The van der Waals surface area contributed by atoms with Crippen LogP contribution >= 0.6 is 0 Å². The van der Waals surface area contributed by atoms with Gasteiger partial charge in [-0.2, -0.15) is 18.3 Å². The van der Waals surface area contributed by atoms with Gasteiger partial charge in [-0.05, 0) is 37.1 Å². The molecule has 1 saturated carbocycles. The summed E-state index contributed by atoms with van der Waals surface area (Å²) in [6, 6.07) is 4.55. The Kier molecular flexibility index (Phi) is 5.61. The van der Waals surface area contributed by atoms with E-state index in [0.717, 1.165) is 31.0 Å². The molecule has 29 heavy (non-hydrogen) atoms. The maximum Gasteiger partial charge on any atom is 0.435 e. The number of anilines is 1. The first-order chi connectivity index (χ1) is 13.5. The monoisotopic (exact) mass is 431 g/mol. The van der Waals surface area contributed by atoms with E-state index < -0.39 is 27.6 Å². The molecule has 1 heterocycles. The van der Waals surface area contributed by atoms with E-state index in [0.29, 0.717) is 5.69 Å². The lowest BCUT2D eigenvalue weighted by atomic mass is 10.2. The number of hydrogen-bond acceptors (Lipinski definition) is 5. The number of benzene rings is 1. The molecule has 2 N–H and O–H groups in total. The third-order valence-corrected chi connectivity index (χ3v) is 6.36. The Morgan fingerprint density at radius 2 is 2.00 bits per heavy atom. The molecule has 2 aromatic rings. The minimum atomic E-state index is -4.56. The molecule has 0 aliphatic heterocycles. The van der Waals surface area contributed by atoms with Crippen LogP contribution in [-0.2, 0) is 27.4 Å². The highest BCUT2D eigenvalue weighted by Crippen LogP contribution is 2.42. The van der Waals surface area contributed by atoms with Crippen molar-refractivity contribution < 1.29 is 31.5 Å². The summed E-state index contributed by atoms with van der Waals surface area (Å²) < 4.78 is 63.9. The number of aromatic hydroxyl groups is 1. The predicted octanol–water partition coefficient (Wildman–Crippen LogP) is 3.31. The van der Waals surface area contributed by atoms with E-state index >= 15 is 0 Å². The molecular formula is C18H20F3N3O4S. The molecule has 1 fully saturated rings. The van der Waals surface area contributed by atoms with Gasteiger partial charge in [-0.1, -0.05) is 6.92 Å². The highest BCUT2D eigenvalue weighted by molar-refractivity contribution is 7.91. The number of hydrogen-bond donors (Lipinski definition) is 2. The summed E-state index contributed by atoms with van der Waals surface area (Å²) in [6.45, 7) is 1.40. The Hall–Kier alpha value is -2.56. The number of aryl methyl sites for hydroxylation is 1. The van der Waals surface area contributed by atoms with Gasteiger partial charge in [0.15, 0.2) is 15.5 Å². The number of halogens is 3. The molecule has 7 nitrogen and oxygen atoms in total. The number of phenolic OH excluding ortho intramolecular Hbond substituents is 1. The highest BCUT2D eigenvalue weighted by Gasteiger charge is 2.37. The lowest BCUT2D eigenvalue weighted by Crippen LogP contribution is -2.17. The Bertz CT molecular complexity index is 1030. The van der Waals surface area contributed by atoms with E-state index in [9.17, 15) is 31.5 Å². The first-order valence-corrected chi connectivity index (χ1v) is 10.7. The van der Waals surface area contributed by atoms with Crippen molar-refractivity contribution in [2.45, 2.75) is 49.7 Å². The number of sulfone groups is 1. The fourth-order valence-electron chi connectivity index (χ4n) is 2.85. The fourth-order valence-corrected chi connectivity index (χ4v) is 3.76. The van der Waals surface area contributed by atoms with Gasteiger partial charge in [0.1, 0.15) is 5.75 Å². The maximum atomic E-state index is 12.9. The molecule has 0 saturated heterocycles. The third-order valence-electron chi connectivity index (χ3n) is 4.63. The van der Waals surface area contributed by atoms with Gasteiger partial charge in [0, 0.05) is 24.6 Å². The number of phenols is 1. The standard InChI is InChI=1S/C18H20F3N3O4S/c1-2-29(27,28)12-5-6-15(25)13(9-12)22-17(26)7-8-24-14(11-3-4-11)10-16(23-24)18(19,20)21/h5-6,9-11,25H,2-4,7-8H2,1H3,(H,22,26). The zero-order chi connectivity index (χ0) is 21.4. The summed E-state index contributed by atoms with van der Waals surface area (Å²) in [5, 5.41) is 15.9. The van der Waals surface area contributed by atoms with Crippen LogP contribution in [0.4, 0.5) is 18.9 Å². The van der Waals surface area contributed by atoms with Crippen molar-refractivity contribution in [2.24, 2.45) is 0 Å². The second-order valence-electron chi connectivity index (χ2n) is 6.83. The largest absolute Gasteiger partial charge is 0.506 e. The van der Waals surface area contributed by atoms with Crippen molar-refractivity contribution in [3.8, 4) is 5.75 Å². The second kappa shape index (κ2) is 7.69. The number of aromatic nitrogens is 2. The normalized spacial score (nSPS) is 14.8. The van der Waals surface area contributed by atoms with Gasteiger partial charge in [0.05, 0.1) is 16.3 Å². The van der Waals surface area contributed by atoms with Gasteiger partial charge in [0.25, 0.3) is 0 Å². The number of rotatable bonds is 7. The van der Waals surface area contributed by atoms with Crippen molar-refractivity contribution in [1.82, 2.24) is 9.78 Å². The number of alkyl halides is 3. The molecule has 158 valence electrons. The third kappa shape index (κ3) is 4.89. The Labute approximate surface area is 165 Å². The number of nitrogens with one attached hydrogen (secondary N) is 1. The Morgan fingerprint density at radius 3 is 2.59 bits per heavy atom. The number of carbonyl (C=O) groups excluding carboxylic acids is 1. The molecule has 11 heteroatoms. The lowest BCUT2D eigenvalue weighted by molar-refractivity contribution is -0.141. The summed E-state index contributed by atoms with van der Waals surface area (Å²) in [5.41, 5.74) is -0.623. The van der Waals surface area contributed by atoms with Gasteiger partial charge < -0.3 is 10.4 Å². The predicted molar refractivity (Wildman–Crippen MR) is 98.3 cm³/mol. The zero-order valence-electron chi connectivity index (χ0n) is 15.5. The molecule has 1 amide bonds. The number of amides is 1. The summed E-state index contributed by atoms with van der Waals surface area (Å²) >= 11 is 0. The van der Waals surface area contributed by atoms with E-state index in [1.807, 2.05) is 0 Å². The van der Waals surface area contributed by atoms with E-state index in [-0.39, 0.29) is 41.0 Å². The van der Waals surface area contributed by atoms with Gasteiger partial charge in [-0.15, -0.1) is 0 Å². The summed E-state index contributed by atoms with van der Waals surface area (Å²) in [7, 11) is -3.53. The first-order valence-electron chi connectivity index (χ1n) is 9.02. The van der Waals surface area contributed by atoms with E-state index in [1.54, 1.807) is 0 Å². The van der Waals surface area contributed by atoms with Crippen molar-refractivity contribution in [2.75, 3.05) is 11.1 Å². The fraction of sp³-hybridized carbons (Fsp3) is 0.444. The van der Waals surface area contributed by atoms with Crippen molar-refractivity contribution >= 4 is 21.4 Å². The average Bonchev–Trinajstić information content (AvgIpc) is 3.39. The van der Waals surface area contributed by atoms with Crippen LogP contribution in [-0.4, -0.2) is 35.0 Å².